The number of ketones is 1. The van der Waals surface area contributed by atoms with Crippen molar-refractivity contribution in [3.8, 4) is 0 Å². The molecule has 1 N–H and O–H groups in total. The summed E-state index contributed by atoms with van der Waals surface area (Å²) in [6, 6.07) is 6.00. The second-order valence-corrected chi connectivity index (χ2v) is 4.79. The Morgan fingerprint density at radius 1 is 1.41 bits per heavy atom. The van der Waals surface area contributed by atoms with E-state index in [-0.39, 0.29) is 11.7 Å². The van der Waals surface area contributed by atoms with Crippen molar-refractivity contribution in [2.24, 2.45) is 5.92 Å². The van der Waals surface area contributed by atoms with E-state index in [4.69, 9.17) is 4.74 Å². The van der Waals surface area contributed by atoms with Gasteiger partial charge in [-0.3, -0.25) is 4.79 Å². The van der Waals surface area contributed by atoms with E-state index in [1.165, 1.54) is 5.56 Å². The Kier molecular flexibility index (Phi) is 2.85. The molecule has 1 fully saturated rings. The van der Waals surface area contributed by atoms with Crippen molar-refractivity contribution in [1.82, 2.24) is 0 Å². The van der Waals surface area contributed by atoms with E-state index >= 15 is 0 Å². The van der Waals surface area contributed by atoms with E-state index in [9.17, 15) is 4.79 Å². The van der Waals surface area contributed by atoms with Crippen LogP contribution in [0.2, 0.25) is 0 Å². The van der Waals surface area contributed by atoms with Gasteiger partial charge in [0.15, 0.2) is 5.78 Å². The van der Waals surface area contributed by atoms with Crippen molar-refractivity contribution in [1.29, 1.82) is 0 Å². The van der Waals surface area contributed by atoms with Gasteiger partial charge < -0.3 is 10.1 Å². The van der Waals surface area contributed by atoms with Crippen LogP contribution in [0.5, 0.6) is 0 Å². The highest BCUT2D eigenvalue weighted by Gasteiger charge is 2.27. The fourth-order valence-electron chi connectivity index (χ4n) is 2.70. The Morgan fingerprint density at radius 3 is 3.18 bits per heavy atom. The number of benzene rings is 1. The number of hydrogen-bond acceptors (Lipinski definition) is 3. The average Bonchev–Trinajstić information content (AvgIpc) is 2.91. The normalized spacial score (nSPS) is 22.9. The molecule has 1 aromatic rings. The molecule has 1 unspecified atom stereocenters. The molecule has 0 saturated carbocycles. The fourth-order valence-corrected chi connectivity index (χ4v) is 2.70. The van der Waals surface area contributed by atoms with Crippen molar-refractivity contribution < 1.29 is 9.53 Å². The second-order valence-electron chi connectivity index (χ2n) is 4.79. The minimum atomic E-state index is 0.0726. The molecular formula is C14H17NO2. The lowest BCUT2D eigenvalue weighted by atomic mass is 9.89. The van der Waals surface area contributed by atoms with Crippen molar-refractivity contribution in [2.45, 2.75) is 19.3 Å². The number of fused-ring (bicyclic) bond motifs is 1. The number of hydrogen-bond donors (Lipinski definition) is 1. The molecule has 0 bridgehead atoms. The minimum absolute atomic E-state index is 0.0726. The highest BCUT2D eigenvalue weighted by molar-refractivity contribution is 6.00. The summed E-state index contributed by atoms with van der Waals surface area (Å²) in [6.07, 6.45) is 2.99. The zero-order chi connectivity index (χ0) is 11.7. The number of ether oxygens (including phenoxy) is 1. The van der Waals surface area contributed by atoms with Crippen LogP contribution in [0.4, 0.5) is 5.69 Å². The third-order valence-electron chi connectivity index (χ3n) is 3.66. The van der Waals surface area contributed by atoms with Gasteiger partial charge in [-0.25, -0.2) is 0 Å². The first-order valence-electron chi connectivity index (χ1n) is 6.34. The summed E-state index contributed by atoms with van der Waals surface area (Å²) < 4.78 is 5.31. The molecule has 0 amide bonds. The van der Waals surface area contributed by atoms with Gasteiger partial charge in [-0.15, -0.1) is 0 Å². The molecule has 3 rings (SSSR count). The maximum atomic E-state index is 12.4. The second kappa shape index (κ2) is 4.49. The van der Waals surface area contributed by atoms with Crippen LogP contribution in [0.3, 0.4) is 0 Å². The maximum absolute atomic E-state index is 12.4. The molecule has 2 heterocycles. The van der Waals surface area contributed by atoms with Gasteiger partial charge in [-0.1, -0.05) is 12.1 Å². The van der Waals surface area contributed by atoms with Crippen LogP contribution in [-0.2, 0) is 11.2 Å². The molecule has 3 heteroatoms. The van der Waals surface area contributed by atoms with Crippen molar-refractivity contribution in [3.05, 3.63) is 29.3 Å². The third-order valence-corrected chi connectivity index (χ3v) is 3.66. The van der Waals surface area contributed by atoms with Crippen molar-refractivity contribution in [2.75, 3.05) is 25.1 Å². The predicted molar refractivity (Wildman–Crippen MR) is 66.5 cm³/mol. The van der Waals surface area contributed by atoms with Crippen LogP contribution in [0.15, 0.2) is 18.2 Å². The van der Waals surface area contributed by atoms with Crippen LogP contribution in [0.1, 0.15) is 28.8 Å². The standard InChI is InChI=1S/C14H17NO2/c16-14(10-6-8-17-9-10)12-3-1-5-13-11(12)4-2-7-15-13/h1,3,5,10,15H,2,4,6-9H2. The van der Waals surface area contributed by atoms with Gasteiger partial charge >= 0.3 is 0 Å². The minimum Gasteiger partial charge on any atom is -0.385 e. The van der Waals surface area contributed by atoms with Crippen LogP contribution in [-0.4, -0.2) is 25.5 Å². The quantitative estimate of drug-likeness (QED) is 0.793. The van der Waals surface area contributed by atoms with Gasteiger partial charge in [0.1, 0.15) is 0 Å². The first kappa shape index (κ1) is 10.8. The summed E-state index contributed by atoms with van der Waals surface area (Å²) in [5.41, 5.74) is 3.25. The molecule has 0 radical (unpaired) electrons. The van der Waals surface area contributed by atoms with E-state index in [0.29, 0.717) is 6.61 Å². The maximum Gasteiger partial charge on any atom is 0.168 e. The average molecular weight is 231 g/mol. The van der Waals surface area contributed by atoms with Crippen LogP contribution in [0.25, 0.3) is 0 Å². The monoisotopic (exact) mass is 231 g/mol. The Labute approximate surface area is 101 Å². The topological polar surface area (TPSA) is 38.3 Å². The van der Waals surface area contributed by atoms with Gasteiger partial charge in [0, 0.05) is 30.3 Å². The molecule has 1 saturated heterocycles. The lowest BCUT2D eigenvalue weighted by Crippen LogP contribution is -2.20. The highest BCUT2D eigenvalue weighted by atomic mass is 16.5. The lowest BCUT2D eigenvalue weighted by Gasteiger charge is -2.21. The number of anilines is 1. The number of carbonyl (C=O) groups is 1. The molecule has 0 spiro atoms. The number of carbonyl (C=O) groups excluding carboxylic acids is 1. The van der Waals surface area contributed by atoms with Crippen molar-refractivity contribution >= 4 is 11.5 Å². The SMILES string of the molecule is O=C(c1cccc2c1CCCN2)C1CCOC1. The Balaban J connectivity index is 1.94. The Hall–Kier alpha value is -1.35. The summed E-state index contributed by atoms with van der Waals surface area (Å²) in [5.74, 6) is 0.339. The van der Waals surface area contributed by atoms with Gasteiger partial charge in [-0.05, 0) is 30.9 Å². The Bertz CT molecular complexity index is 436. The van der Waals surface area contributed by atoms with Gasteiger partial charge in [-0.2, -0.15) is 0 Å². The molecule has 1 atom stereocenters. The van der Waals surface area contributed by atoms with E-state index in [2.05, 4.69) is 11.4 Å². The van der Waals surface area contributed by atoms with Gasteiger partial charge in [0.2, 0.25) is 0 Å². The van der Waals surface area contributed by atoms with Crippen LogP contribution in [0, 0.1) is 5.92 Å². The van der Waals surface area contributed by atoms with Gasteiger partial charge in [0.25, 0.3) is 0 Å². The first-order chi connectivity index (χ1) is 8.36. The zero-order valence-electron chi connectivity index (χ0n) is 9.87. The molecule has 0 aromatic heterocycles. The molecule has 3 nitrogen and oxygen atoms in total. The summed E-state index contributed by atoms with van der Waals surface area (Å²) in [5, 5.41) is 3.36. The number of nitrogens with one attached hydrogen (secondary N) is 1. The largest absolute Gasteiger partial charge is 0.385 e. The smallest absolute Gasteiger partial charge is 0.168 e. The van der Waals surface area contributed by atoms with Crippen LogP contribution < -0.4 is 5.32 Å². The van der Waals surface area contributed by atoms with E-state index < -0.39 is 0 Å². The van der Waals surface area contributed by atoms with Crippen LogP contribution >= 0.6 is 0 Å². The fraction of sp³-hybridized carbons (Fsp3) is 0.500. The first-order valence-corrected chi connectivity index (χ1v) is 6.34. The zero-order valence-corrected chi connectivity index (χ0v) is 9.87. The number of Topliss-reactive ketones (excluding diaryl/α,β-unsaturated/α-hetero) is 1. The highest BCUT2D eigenvalue weighted by Crippen LogP contribution is 2.28. The van der Waals surface area contributed by atoms with E-state index in [0.717, 1.165) is 43.7 Å². The summed E-state index contributed by atoms with van der Waals surface area (Å²) >= 11 is 0. The van der Waals surface area contributed by atoms with E-state index in [1.54, 1.807) is 0 Å². The molecule has 17 heavy (non-hydrogen) atoms. The van der Waals surface area contributed by atoms with Crippen molar-refractivity contribution in [3.63, 3.8) is 0 Å². The van der Waals surface area contributed by atoms with Gasteiger partial charge in [0.05, 0.1) is 6.61 Å². The molecule has 2 aliphatic rings. The summed E-state index contributed by atoms with van der Waals surface area (Å²) in [7, 11) is 0. The predicted octanol–water partition coefficient (Wildman–Crippen LogP) is 2.26. The summed E-state index contributed by atoms with van der Waals surface area (Å²) in [6.45, 7) is 2.33. The third kappa shape index (κ3) is 1.95. The molecule has 1 aromatic carbocycles. The Morgan fingerprint density at radius 2 is 2.35 bits per heavy atom. The molecular weight excluding hydrogens is 214 g/mol. The molecule has 90 valence electrons. The molecule has 2 aliphatic heterocycles. The lowest BCUT2D eigenvalue weighted by molar-refractivity contribution is 0.0899. The summed E-state index contributed by atoms with van der Waals surface area (Å²) in [4.78, 5) is 12.4. The van der Waals surface area contributed by atoms with E-state index in [1.807, 2.05) is 12.1 Å². The molecule has 0 aliphatic carbocycles. The number of rotatable bonds is 2.